The van der Waals surface area contributed by atoms with Crippen LogP contribution in [0.25, 0.3) is 0 Å². The Hall–Kier alpha value is -2.11. The number of nitrogens with zero attached hydrogens (tertiary/aromatic N) is 2. The van der Waals surface area contributed by atoms with Gasteiger partial charge in [0, 0.05) is 12.7 Å². The van der Waals surface area contributed by atoms with Crippen molar-refractivity contribution in [1.82, 2.24) is 4.98 Å². The second-order valence-corrected chi connectivity index (χ2v) is 7.93. The molecule has 1 saturated carbocycles. The summed E-state index contributed by atoms with van der Waals surface area (Å²) in [7, 11) is 1.70. The fourth-order valence-electron chi connectivity index (χ4n) is 4.56. The number of rotatable bonds is 4. The number of anilines is 1. The van der Waals surface area contributed by atoms with E-state index in [9.17, 15) is 0 Å². The van der Waals surface area contributed by atoms with Crippen LogP contribution < -0.4 is 9.64 Å². The highest BCUT2D eigenvalue weighted by Crippen LogP contribution is 2.55. The van der Waals surface area contributed by atoms with Gasteiger partial charge in [-0.15, -0.1) is 0 Å². The molecule has 5 nitrogen and oxygen atoms in total. The van der Waals surface area contributed by atoms with E-state index in [0.29, 0.717) is 37.5 Å². The van der Waals surface area contributed by atoms with E-state index >= 15 is 0 Å². The van der Waals surface area contributed by atoms with Crippen LogP contribution in [0.15, 0.2) is 42.6 Å². The number of methoxy groups -OCH3 is 1. The van der Waals surface area contributed by atoms with Gasteiger partial charge in [0.25, 0.3) is 0 Å². The van der Waals surface area contributed by atoms with Crippen molar-refractivity contribution < 1.29 is 14.2 Å². The average molecular weight is 366 g/mol. The highest BCUT2D eigenvalue weighted by Gasteiger charge is 2.50. The maximum atomic E-state index is 6.08. The molecular weight excluding hydrogens is 340 g/mol. The van der Waals surface area contributed by atoms with Gasteiger partial charge in [0.1, 0.15) is 11.3 Å². The Balaban J connectivity index is 1.43. The van der Waals surface area contributed by atoms with E-state index in [1.807, 2.05) is 6.20 Å². The molecule has 0 radical (unpaired) electrons. The first kappa shape index (κ1) is 17.0. The molecule has 0 N–H and O–H groups in total. The molecule has 3 heterocycles. The molecular formula is C22H26N2O3. The van der Waals surface area contributed by atoms with Crippen LogP contribution in [0.3, 0.4) is 0 Å². The molecule has 1 aromatic carbocycles. The van der Waals surface area contributed by atoms with E-state index in [4.69, 9.17) is 14.2 Å². The van der Waals surface area contributed by atoms with Gasteiger partial charge >= 0.3 is 0 Å². The molecule has 0 amide bonds. The lowest BCUT2D eigenvalue weighted by Crippen LogP contribution is -2.68. The van der Waals surface area contributed by atoms with Crippen molar-refractivity contribution in [3.8, 4) is 5.88 Å². The molecule has 27 heavy (non-hydrogen) atoms. The SMILES string of the molecule is COc1ncc(C2CC2c2ccccc2)cc1N1CCOC2(COC2)C1C. The number of hydrogen-bond acceptors (Lipinski definition) is 5. The summed E-state index contributed by atoms with van der Waals surface area (Å²) < 4.78 is 17.1. The van der Waals surface area contributed by atoms with Gasteiger partial charge in [0.05, 0.1) is 33.0 Å². The molecule has 3 fully saturated rings. The van der Waals surface area contributed by atoms with Crippen molar-refractivity contribution in [2.75, 3.05) is 38.4 Å². The Morgan fingerprint density at radius 1 is 1.15 bits per heavy atom. The second-order valence-electron chi connectivity index (χ2n) is 7.93. The molecule has 3 unspecified atom stereocenters. The van der Waals surface area contributed by atoms with Crippen LogP contribution in [0.2, 0.25) is 0 Å². The Kier molecular flexibility index (Phi) is 4.10. The van der Waals surface area contributed by atoms with Gasteiger partial charge in [-0.1, -0.05) is 30.3 Å². The lowest BCUT2D eigenvalue weighted by Gasteiger charge is -2.53. The minimum atomic E-state index is -0.189. The maximum Gasteiger partial charge on any atom is 0.237 e. The van der Waals surface area contributed by atoms with Crippen LogP contribution in [-0.2, 0) is 9.47 Å². The standard InChI is InChI=1S/C22H26N2O3/c1-15-22(13-26-14-22)27-9-8-24(15)20-10-17(12-23-21(20)25-2)19-11-18(19)16-6-4-3-5-7-16/h3-7,10,12,15,18-19H,8-9,11,13-14H2,1-2H3. The molecule has 3 atom stereocenters. The molecule has 1 aliphatic carbocycles. The largest absolute Gasteiger partial charge is 0.480 e. The predicted octanol–water partition coefficient (Wildman–Crippen LogP) is 3.36. The molecule has 142 valence electrons. The molecule has 2 aromatic rings. The van der Waals surface area contributed by atoms with Crippen molar-refractivity contribution in [3.05, 3.63) is 53.7 Å². The van der Waals surface area contributed by atoms with Crippen LogP contribution in [0.5, 0.6) is 5.88 Å². The fourth-order valence-corrected chi connectivity index (χ4v) is 4.56. The number of morpholine rings is 1. The second kappa shape index (κ2) is 6.50. The van der Waals surface area contributed by atoms with Crippen LogP contribution in [0.1, 0.15) is 36.3 Å². The zero-order chi connectivity index (χ0) is 18.4. The van der Waals surface area contributed by atoms with Crippen molar-refractivity contribution >= 4 is 5.69 Å². The smallest absolute Gasteiger partial charge is 0.237 e. The third-order valence-corrected chi connectivity index (χ3v) is 6.45. The molecule has 5 rings (SSSR count). The average Bonchev–Trinajstić information content (AvgIpc) is 3.48. The first-order valence-electron chi connectivity index (χ1n) is 9.79. The summed E-state index contributed by atoms with van der Waals surface area (Å²) in [5, 5.41) is 0. The van der Waals surface area contributed by atoms with E-state index in [0.717, 1.165) is 12.2 Å². The van der Waals surface area contributed by atoms with Gasteiger partial charge in [0.2, 0.25) is 5.88 Å². The zero-order valence-electron chi connectivity index (χ0n) is 15.9. The van der Waals surface area contributed by atoms with E-state index in [1.165, 1.54) is 17.5 Å². The van der Waals surface area contributed by atoms with Gasteiger partial charge in [0.15, 0.2) is 0 Å². The Morgan fingerprint density at radius 2 is 1.93 bits per heavy atom. The van der Waals surface area contributed by atoms with Crippen LogP contribution in [-0.4, -0.2) is 50.1 Å². The third kappa shape index (κ3) is 2.80. The van der Waals surface area contributed by atoms with Gasteiger partial charge in [-0.2, -0.15) is 0 Å². The van der Waals surface area contributed by atoms with Crippen molar-refractivity contribution in [2.24, 2.45) is 0 Å². The number of pyridine rings is 1. The van der Waals surface area contributed by atoms with E-state index in [2.05, 4.69) is 53.2 Å². The van der Waals surface area contributed by atoms with Crippen LogP contribution in [0.4, 0.5) is 5.69 Å². The normalized spacial score (nSPS) is 28.7. The molecule has 3 aliphatic rings. The fraction of sp³-hybridized carbons (Fsp3) is 0.500. The summed E-state index contributed by atoms with van der Waals surface area (Å²) in [5.41, 5.74) is 3.61. The van der Waals surface area contributed by atoms with Gasteiger partial charge in [-0.3, -0.25) is 0 Å². The maximum absolute atomic E-state index is 6.08. The van der Waals surface area contributed by atoms with Crippen molar-refractivity contribution in [2.45, 2.75) is 36.8 Å². The highest BCUT2D eigenvalue weighted by molar-refractivity contribution is 5.59. The Bertz CT molecular complexity index is 822. The first-order valence-corrected chi connectivity index (χ1v) is 9.79. The monoisotopic (exact) mass is 366 g/mol. The minimum absolute atomic E-state index is 0.189. The zero-order valence-corrected chi connectivity index (χ0v) is 15.9. The molecule has 5 heteroatoms. The predicted molar refractivity (Wildman–Crippen MR) is 104 cm³/mol. The van der Waals surface area contributed by atoms with Gasteiger partial charge < -0.3 is 19.1 Å². The van der Waals surface area contributed by atoms with E-state index < -0.39 is 0 Å². The third-order valence-electron chi connectivity index (χ3n) is 6.45. The van der Waals surface area contributed by atoms with Crippen molar-refractivity contribution in [1.29, 1.82) is 0 Å². The molecule has 1 spiro atoms. The topological polar surface area (TPSA) is 43.8 Å². The summed E-state index contributed by atoms with van der Waals surface area (Å²) in [6.45, 7) is 5.10. The lowest BCUT2D eigenvalue weighted by molar-refractivity contribution is -0.228. The van der Waals surface area contributed by atoms with E-state index in [1.54, 1.807) is 7.11 Å². The molecule has 0 bridgehead atoms. The minimum Gasteiger partial charge on any atom is -0.480 e. The summed E-state index contributed by atoms with van der Waals surface area (Å²) in [4.78, 5) is 7.04. The summed E-state index contributed by atoms with van der Waals surface area (Å²) in [5.74, 6) is 1.84. The first-order chi connectivity index (χ1) is 13.2. The van der Waals surface area contributed by atoms with Crippen LogP contribution >= 0.6 is 0 Å². The quantitative estimate of drug-likeness (QED) is 0.830. The number of aromatic nitrogens is 1. The number of hydrogen-bond donors (Lipinski definition) is 0. The molecule has 2 saturated heterocycles. The van der Waals surface area contributed by atoms with Gasteiger partial charge in [-0.25, -0.2) is 4.98 Å². The summed E-state index contributed by atoms with van der Waals surface area (Å²) >= 11 is 0. The highest BCUT2D eigenvalue weighted by atomic mass is 16.6. The summed E-state index contributed by atoms with van der Waals surface area (Å²) in [6.07, 6.45) is 3.18. The molecule has 2 aliphatic heterocycles. The summed E-state index contributed by atoms with van der Waals surface area (Å²) in [6, 6.07) is 13.3. The number of ether oxygens (including phenoxy) is 3. The van der Waals surface area contributed by atoms with Crippen molar-refractivity contribution in [3.63, 3.8) is 0 Å². The van der Waals surface area contributed by atoms with Crippen LogP contribution in [0, 0.1) is 0 Å². The Morgan fingerprint density at radius 3 is 2.63 bits per heavy atom. The Labute approximate surface area is 160 Å². The van der Waals surface area contributed by atoms with E-state index in [-0.39, 0.29) is 11.6 Å². The van der Waals surface area contributed by atoms with Gasteiger partial charge in [-0.05, 0) is 42.4 Å². The molecule has 1 aromatic heterocycles. The lowest BCUT2D eigenvalue weighted by atomic mass is 9.90. The number of benzene rings is 1.